The van der Waals surface area contributed by atoms with Crippen molar-refractivity contribution in [2.75, 3.05) is 0 Å². The molecule has 2 N–H and O–H groups in total. The van der Waals surface area contributed by atoms with Crippen LogP contribution in [0, 0.1) is 0 Å². The van der Waals surface area contributed by atoms with Gasteiger partial charge in [-0.3, -0.25) is 0 Å². The van der Waals surface area contributed by atoms with E-state index in [4.69, 9.17) is 11.6 Å². The van der Waals surface area contributed by atoms with Crippen LogP contribution in [0.5, 0.6) is 0 Å². The first-order chi connectivity index (χ1) is 10.1. The summed E-state index contributed by atoms with van der Waals surface area (Å²) in [5.41, 5.74) is 3.33. The SMILES string of the molecule is CCC(NC(C)c1cccc(CO)c1)c1cccc(Cl)c1. The highest BCUT2D eigenvalue weighted by Crippen LogP contribution is 2.24. The van der Waals surface area contributed by atoms with Gasteiger partial charge in [-0.05, 0) is 42.2 Å². The van der Waals surface area contributed by atoms with Gasteiger partial charge in [0.25, 0.3) is 0 Å². The molecule has 0 aliphatic heterocycles. The normalized spacial score (nSPS) is 13.9. The van der Waals surface area contributed by atoms with Gasteiger partial charge in [-0.25, -0.2) is 0 Å². The summed E-state index contributed by atoms with van der Waals surface area (Å²) in [5, 5.41) is 13.6. The highest BCUT2D eigenvalue weighted by atomic mass is 35.5. The van der Waals surface area contributed by atoms with Gasteiger partial charge in [0, 0.05) is 17.1 Å². The fraction of sp³-hybridized carbons (Fsp3) is 0.333. The van der Waals surface area contributed by atoms with E-state index in [0.29, 0.717) is 0 Å². The number of aliphatic hydroxyl groups is 1. The molecule has 0 fully saturated rings. The Kier molecular flexibility index (Phi) is 5.80. The van der Waals surface area contributed by atoms with E-state index < -0.39 is 0 Å². The van der Waals surface area contributed by atoms with Crippen molar-refractivity contribution in [3.63, 3.8) is 0 Å². The van der Waals surface area contributed by atoms with E-state index in [-0.39, 0.29) is 18.7 Å². The van der Waals surface area contributed by atoms with Crippen LogP contribution in [-0.2, 0) is 6.61 Å². The molecule has 2 atom stereocenters. The number of halogens is 1. The second-order valence-electron chi connectivity index (χ2n) is 5.31. The Balaban J connectivity index is 2.14. The van der Waals surface area contributed by atoms with Crippen LogP contribution in [0.2, 0.25) is 5.02 Å². The zero-order valence-corrected chi connectivity index (χ0v) is 13.3. The number of hydrogen-bond donors (Lipinski definition) is 2. The molecule has 2 unspecified atom stereocenters. The first kappa shape index (κ1) is 16.0. The van der Waals surface area contributed by atoms with Crippen molar-refractivity contribution < 1.29 is 5.11 Å². The van der Waals surface area contributed by atoms with Crippen LogP contribution in [0.3, 0.4) is 0 Å². The molecule has 0 radical (unpaired) electrons. The molecule has 0 spiro atoms. The number of aliphatic hydroxyl groups excluding tert-OH is 1. The quantitative estimate of drug-likeness (QED) is 0.815. The Labute approximate surface area is 131 Å². The second kappa shape index (κ2) is 7.60. The van der Waals surface area contributed by atoms with Crippen LogP contribution < -0.4 is 5.32 Å². The lowest BCUT2D eigenvalue weighted by molar-refractivity contribution is 0.281. The summed E-state index contributed by atoms with van der Waals surface area (Å²) < 4.78 is 0. The molecule has 21 heavy (non-hydrogen) atoms. The molecule has 0 amide bonds. The first-order valence-electron chi connectivity index (χ1n) is 7.35. The number of benzene rings is 2. The molecule has 2 aromatic rings. The number of rotatable bonds is 6. The van der Waals surface area contributed by atoms with E-state index in [2.05, 4.69) is 31.3 Å². The third kappa shape index (κ3) is 4.31. The molecule has 0 saturated carbocycles. The molecule has 0 aliphatic rings. The smallest absolute Gasteiger partial charge is 0.0681 e. The third-order valence-corrected chi connectivity index (χ3v) is 3.98. The summed E-state index contributed by atoms with van der Waals surface area (Å²) in [6, 6.07) is 16.5. The Morgan fingerprint density at radius 2 is 1.81 bits per heavy atom. The van der Waals surface area contributed by atoms with Crippen molar-refractivity contribution in [1.29, 1.82) is 0 Å². The van der Waals surface area contributed by atoms with E-state index >= 15 is 0 Å². The van der Waals surface area contributed by atoms with Gasteiger partial charge in [-0.1, -0.05) is 54.9 Å². The summed E-state index contributed by atoms with van der Waals surface area (Å²) in [6.07, 6.45) is 0.990. The van der Waals surface area contributed by atoms with Crippen LogP contribution in [0.15, 0.2) is 48.5 Å². The van der Waals surface area contributed by atoms with E-state index in [1.165, 1.54) is 11.1 Å². The minimum absolute atomic E-state index is 0.0755. The van der Waals surface area contributed by atoms with Gasteiger partial charge in [0.2, 0.25) is 0 Å². The van der Waals surface area contributed by atoms with Crippen molar-refractivity contribution in [1.82, 2.24) is 5.32 Å². The van der Waals surface area contributed by atoms with Gasteiger partial charge in [0.15, 0.2) is 0 Å². The van der Waals surface area contributed by atoms with Crippen molar-refractivity contribution in [3.05, 3.63) is 70.2 Å². The standard InChI is InChI=1S/C18H22ClNO/c1-3-18(16-8-5-9-17(19)11-16)20-13(2)15-7-4-6-14(10-15)12-21/h4-11,13,18,20-21H,3,12H2,1-2H3. The maximum Gasteiger partial charge on any atom is 0.0681 e. The minimum Gasteiger partial charge on any atom is -0.392 e. The fourth-order valence-electron chi connectivity index (χ4n) is 2.53. The van der Waals surface area contributed by atoms with E-state index in [0.717, 1.165) is 17.0 Å². The van der Waals surface area contributed by atoms with Gasteiger partial charge in [0.1, 0.15) is 0 Å². The highest BCUT2D eigenvalue weighted by molar-refractivity contribution is 6.30. The molecule has 2 aromatic carbocycles. The predicted molar refractivity (Wildman–Crippen MR) is 88.4 cm³/mol. The Morgan fingerprint density at radius 1 is 1.10 bits per heavy atom. The second-order valence-corrected chi connectivity index (χ2v) is 5.74. The Bertz CT molecular complexity index is 585. The molecule has 2 rings (SSSR count). The van der Waals surface area contributed by atoms with E-state index in [1.54, 1.807) is 0 Å². The lowest BCUT2D eigenvalue weighted by Crippen LogP contribution is -2.24. The third-order valence-electron chi connectivity index (χ3n) is 3.74. The van der Waals surface area contributed by atoms with Gasteiger partial charge < -0.3 is 10.4 Å². The minimum atomic E-state index is 0.0755. The van der Waals surface area contributed by atoms with E-state index in [9.17, 15) is 5.11 Å². The zero-order chi connectivity index (χ0) is 15.2. The molecule has 0 heterocycles. The van der Waals surface area contributed by atoms with Gasteiger partial charge >= 0.3 is 0 Å². The summed E-state index contributed by atoms with van der Waals surface area (Å²) in [7, 11) is 0. The lowest BCUT2D eigenvalue weighted by Gasteiger charge is -2.23. The Morgan fingerprint density at radius 3 is 2.48 bits per heavy atom. The van der Waals surface area contributed by atoms with Crippen LogP contribution in [0.1, 0.15) is 49.0 Å². The number of hydrogen-bond acceptors (Lipinski definition) is 2. The van der Waals surface area contributed by atoms with Crippen molar-refractivity contribution >= 4 is 11.6 Å². The zero-order valence-electron chi connectivity index (χ0n) is 12.5. The molecular formula is C18H22ClNO. The van der Waals surface area contributed by atoms with Crippen LogP contribution in [0.4, 0.5) is 0 Å². The lowest BCUT2D eigenvalue weighted by atomic mass is 10.0. The Hall–Kier alpha value is -1.35. The van der Waals surface area contributed by atoms with Crippen molar-refractivity contribution in [3.8, 4) is 0 Å². The van der Waals surface area contributed by atoms with Gasteiger partial charge in [-0.15, -0.1) is 0 Å². The monoisotopic (exact) mass is 303 g/mol. The fourth-order valence-corrected chi connectivity index (χ4v) is 2.73. The molecule has 0 aromatic heterocycles. The first-order valence-corrected chi connectivity index (χ1v) is 7.73. The van der Waals surface area contributed by atoms with Gasteiger partial charge in [0.05, 0.1) is 6.61 Å². The molecular weight excluding hydrogens is 282 g/mol. The largest absolute Gasteiger partial charge is 0.392 e. The van der Waals surface area contributed by atoms with Gasteiger partial charge in [-0.2, -0.15) is 0 Å². The summed E-state index contributed by atoms with van der Waals surface area (Å²) >= 11 is 6.08. The molecule has 2 nitrogen and oxygen atoms in total. The van der Waals surface area contributed by atoms with Crippen LogP contribution in [-0.4, -0.2) is 5.11 Å². The highest BCUT2D eigenvalue weighted by Gasteiger charge is 2.14. The molecule has 0 saturated heterocycles. The van der Waals surface area contributed by atoms with Crippen molar-refractivity contribution in [2.45, 2.75) is 39.0 Å². The average Bonchev–Trinajstić information content (AvgIpc) is 2.52. The van der Waals surface area contributed by atoms with Crippen molar-refractivity contribution in [2.24, 2.45) is 0 Å². The maximum atomic E-state index is 9.25. The topological polar surface area (TPSA) is 32.3 Å². The summed E-state index contributed by atoms with van der Waals surface area (Å²) in [4.78, 5) is 0. The summed E-state index contributed by atoms with van der Waals surface area (Å²) in [5.74, 6) is 0. The average molecular weight is 304 g/mol. The van der Waals surface area contributed by atoms with Crippen LogP contribution >= 0.6 is 11.6 Å². The van der Waals surface area contributed by atoms with Crippen LogP contribution in [0.25, 0.3) is 0 Å². The summed E-state index contributed by atoms with van der Waals surface area (Å²) in [6.45, 7) is 4.38. The number of nitrogens with one attached hydrogen (secondary N) is 1. The molecule has 112 valence electrons. The predicted octanol–water partition coefficient (Wildman–Crippen LogP) is 4.63. The molecule has 0 bridgehead atoms. The molecule has 0 aliphatic carbocycles. The van der Waals surface area contributed by atoms with E-state index in [1.807, 2.05) is 36.4 Å². The maximum absolute atomic E-state index is 9.25. The molecule has 3 heteroatoms.